The smallest absolute Gasteiger partial charge is 0.137 e. The molecule has 3 aromatic heterocycles. The number of aromatic nitrogens is 2. The summed E-state index contributed by atoms with van der Waals surface area (Å²) in [6.07, 6.45) is 0. The van der Waals surface area contributed by atoms with Gasteiger partial charge in [0.25, 0.3) is 0 Å². The predicted molar refractivity (Wildman–Crippen MR) is 239 cm³/mol. The largest absolute Gasteiger partial charge is 0.456 e. The lowest BCUT2D eigenvalue weighted by atomic mass is 9.98. The lowest BCUT2D eigenvalue weighted by molar-refractivity contribution is 0.669. The van der Waals surface area contributed by atoms with Crippen LogP contribution in [0.2, 0.25) is 0 Å². The van der Waals surface area contributed by atoms with E-state index >= 15 is 0 Å². The van der Waals surface area contributed by atoms with Crippen LogP contribution in [0.4, 0.5) is 0 Å². The van der Waals surface area contributed by atoms with Crippen molar-refractivity contribution in [2.24, 2.45) is 0 Å². The van der Waals surface area contributed by atoms with E-state index in [0.717, 1.165) is 0 Å². The van der Waals surface area contributed by atoms with E-state index in [9.17, 15) is 12.3 Å². The fourth-order valence-corrected chi connectivity index (χ4v) is 7.69. The van der Waals surface area contributed by atoms with Crippen molar-refractivity contribution in [3.63, 3.8) is 0 Å². The van der Waals surface area contributed by atoms with Crippen molar-refractivity contribution >= 4 is 65.6 Å². The molecule has 0 saturated heterocycles. The molecule has 3 heteroatoms. The molecule has 0 aliphatic carbocycles. The number of hydrogen-bond donors (Lipinski definition) is 0. The molecule has 9 aromatic carbocycles. The first-order valence-corrected chi connectivity index (χ1v) is 17.8. The third kappa shape index (κ3) is 4.86. The standard InChI is InChI=1S/C54H34N2O/c1-3-13-35(14-4-1)36-25-29-40(30-26-36)55-46-20-9-7-17-42(46)44-33-38(27-31-48(44)55)39-28-32-49-45(34-39)43-18-8-10-21-47(43)56(49)50-22-12-24-52-54(50)53-41(19-11-23-51(53)57-52)37-15-5-2-6-16-37/h1-34H/i1D,3D,4D,7D,8D,9D,10D,13D,14D,17D,18D,20D,21D,23D,24D,27D,28D,31D,32D,33D,34D. The second kappa shape index (κ2) is 12.5. The Morgan fingerprint density at radius 2 is 0.947 bits per heavy atom. The molecule has 266 valence electrons. The summed E-state index contributed by atoms with van der Waals surface area (Å²) >= 11 is 0. The summed E-state index contributed by atoms with van der Waals surface area (Å²) in [5, 5.41) is -0.581. The number of rotatable bonds is 5. The van der Waals surface area contributed by atoms with E-state index in [1.807, 2.05) is 30.3 Å². The van der Waals surface area contributed by atoms with E-state index in [-0.39, 0.29) is 94.8 Å². The topological polar surface area (TPSA) is 23.0 Å². The summed E-state index contributed by atoms with van der Waals surface area (Å²) in [6, 6.07) is 8.53. The van der Waals surface area contributed by atoms with Crippen molar-refractivity contribution in [3.8, 4) is 44.8 Å². The highest BCUT2D eigenvalue weighted by Gasteiger charge is 2.21. The first-order chi connectivity index (χ1) is 37.0. The van der Waals surface area contributed by atoms with Crippen LogP contribution in [0, 0.1) is 0 Å². The zero-order valence-corrected chi connectivity index (χ0v) is 29.3. The maximum Gasteiger partial charge on any atom is 0.137 e. The second-order valence-corrected chi connectivity index (χ2v) is 13.2. The maximum absolute atomic E-state index is 10.1. The number of benzene rings is 9. The van der Waals surface area contributed by atoms with Gasteiger partial charge in [-0.3, -0.25) is 0 Å². The molecular formula is C54H34N2O. The molecular weight excluding hydrogens is 693 g/mol. The Morgan fingerprint density at radius 1 is 0.368 bits per heavy atom. The molecule has 0 bridgehead atoms. The minimum Gasteiger partial charge on any atom is -0.456 e. The van der Waals surface area contributed by atoms with E-state index in [2.05, 4.69) is 0 Å². The minimum absolute atomic E-state index is 0.00773. The molecule has 0 amide bonds. The van der Waals surface area contributed by atoms with Crippen LogP contribution < -0.4 is 0 Å². The zero-order chi connectivity index (χ0) is 55.7. The highest BCUT2D eigenvalue weighted by Crippen LogP contribution is 2.43. The Hall–Kier alpha value is -7.62. The minimum atomic E-state index is -0.773. The first kappa shape index (κ1) is 17.5. The Labute approximate surface area is 358 Å². The monoisotopic (exact) mass is 747 g/mol. The highest BCUT2D eigenvalue weighted by atomic mass is 16.3. The number of hydrogen-bond acceptors (Lipinski definition) is 1. The van der Waals surface area contributed by atoms with Gasteiger partial charge in [0, 0.05) is 32.6 Å². The first-order valence-electron chi connectivity index (χ1n) is 28.3. The predicted octanol–water partition coefficient (Wildman–Crippen LogP) is 14.8. The van der Waals surface area contributed by atoms with Crippen LogP contribution in [0.3, 0.4) is 0 Å². The Bertz CT molecular complexity index is 4710. The number of para-hydroxylation sites is 2. The van der Waals surface area contributed by atoms with Crippen molar-refractivity contribution in [3.05, 3.63) is 206 Å². The molecule has 0 N–H and O–H groups in total. The fourth-order valence-electron chi connectivity index (χ4n) is 7.69. The van der Waals surface area contributed by atoms with Crippen molar-refractivity contribution in [1.29, 1.82) is 0 Å². The summed E-state index contributed by atoms with van der Waals surface area (Å²) in [5.74, 6) is 0. The molecule has 0 atom stereocenters. The van der Waals surface area contributed by atoms with Crippen LogP contribution in [0.1, 0.15) is 28.8 Å². The molecule has 57 heavy (non-hydrogen) atoms. The van der Waals surface area contributed by atoms with Gasteiger partial charge in [0.15, 0.2) is 0 Å². The molecule has 3 nitrogen and oxygen atoms in total. The van der Waals surface area contributed by atoms with Crippen molar-refractivity contribution in [1.82, 2.24) is 9.13 Å². The van der Waals surface area contributed by atoms with E-state index in [1.165, 1.54) is 51.6 Å². The van der Waals surface area contributed by atoms with Gasteiger partial charge in [-0.2, -0.15) is 0 Å². The molecule has 12 rings (SSSR count). The average molecular weight is 748 g/mol. The summed E-state index contributed by atoms with van der Waals surface area (Å²) in [5.41, 5.74) is -0.498. The summed E-state index contributed by atoms with van der Waals surface area (Å²) in [7, 11) is 0. The van der Waals surface area contributed by atoms with Crippen LogP contribution in [0.15, 0.2) is 210 Å². The highest BCUT2D eigenvalue weighted by molar-refractivity contribution is 6.18. The van der Waals surface area contributed by atoms with Gasteiger partial charge in [-0.25, -0.2) is 0 Å². The fraction of sp³-hybridized carbons (Fsp3) is 0. The Kier molecular flexibility index (Phi) is 3.81. The van der Waals surface area contributed by atoms with E-state index in [4.69, 9.17) is 20.9 Å². The third-order valence-corrected chi connectivity index (χ3v) is 10.2. The van der Waals surface area contributed by atoms with Gasteiger partial charge in [0.05, 0.1) is 61.9 Å². The van der Waals surface area contributed by atoms with Crippen LogP contribution in [-0.4, -0.2) is 9.13 Å². The molecule has 0 radical (unpaired) electrons. The molecule has 12 aromatic rings. The normalized spacial score (nSPS) is 17.0. The van der Waals surface area contributed by atoms with Crippen molar-refractivity contribution in [2.45, 2.75) is 0 Å². The molecule has 0 spiro atoms. The number of nitrogens with zero attached hydrogens (tertiary/aromatic N) is 2. The van der Waals surface area contributed by atoms with Crippen LogP contribution in [0.5, 0.6) is 0 Å². The molecule has 0 aliphatic rings. The second-order valence-electron chi connectivity index (χ2n) is 13.2. The van der Waals surface area contributed by atoms with Gasteiger partial charge in [-0.1, -0.05) is 139 Å². The Morgan fingerprint density at radius 3 is 1.65 bits per heavy atom. The van der Waals surface area contributed by atoms with Crippen LogP contribution in [-0.2, 0) is 0 Å². The number of furan rings is 1. The van der Waals surface area contributed by atoms with Crippen molar-refractivity contribution in [2.75, 3.05) is 0 Å². The SMILES string of the molecule is [2H]c1c([2H])c([2H])c(-c2ccc(-n3c4c([2H])c([2H])c([2H])c([2H])c4c4c([2H])c(-c5c([2H])c([2H])c6c(c5[2H])c5c([2H])c([2H])c([2H])c([2H])c5n6-c5ccc([2H])c6oc7c([2H])ccc(-c8ccccc8)c7c56)c([2H])c([2H])c43)cc2)c([2H])c1[2H]. The van der Waals surface area contributed by atoms with Crippen LogP contribution >= 0.6 is 0 Å². The van der Waals surface area contributed by atoms with Crippen molar-refractivity contribution < 1.29 is 33.2 Å². The Balaban J connectivity index is 1.19. The molecule has 0 fully saturated rings. The quantitative estimate of drug-likeness (QED) is 0.172. The van der Waals surface area contributed by atoms with Gasteiger partial charge in [0.2, 0.25) is 0 Å². The van der Waals surface area contributed by atoms with E-state index in [0.29, 0.717) is 16.5 Å². The van der Waals surface area contributed by atoms with Gasteiger partial charge in [-0.15, -0.1) is 0 Å². The van der Waals surface area contributed by atoms with E-state index in [1.54, 1.807) is 6.07 Å². The lowest BCUT2D eigenvalue weighted by Crippen LogP contribution is -1.95. The lowest BCUT2D eigenvalue weighted by Gasteiger charge is -2.11. The molecule has 0 unspecified atom stereocenters. The van der Waals surface area contributed by atoms with Gasteiger partial charge in [-0.05, 0) is 99.9 Å². The summed E-state index contributed by atoms with van der Waals surface area (Å²) in [6.45, 7) is 0. The molecule has 0 aliphatic heterocycles. The third-order valence-electron chi connectivity index (χ3n) is 10.2. The maximum atomic E-state index is 10.1. The molecule has 0 saturated carbocycles. The summed E-state index contributed by atoms with van der Waals surface area (Å²) in [4.78, 5) is 0. The number of fused-ring (bicyclic) bond motifs is 9. The van der Waals surface area contributed by atoms with E-state index < -0.39 is 126 Å². The van der Waals surface area contributed by atoms with Gasteiger partial charge >= 0.3 is 0 Å². The van der Waals surface area contributed by atoms with Gasteiger partial charge in [0.1, 0.15) is 11.2 Å². The van der Waals surface area contributed by atoms with Gasteiger partial charge < -0.3 is 13.6 Å². The van der Waals surface area contributed by atoms with Crippen LogP contribution in [0.25, 0.3) is 110 Å². The summed E-state index contributed by atoms with van der Waals surface area (Å²) < 4.78 is 199. The zero-order valence-electron chi connectivity index (χ0n) is 50.3. The average Bonchev–Trinajstić information content (AvgIpc) is 3.93. The molecule has 3 heterocycles.